The quantitative estimate of drug-likeness (QED) is 0.273. The van der Waals surface area contributed by atoms with E-state index in [1.54, 1.807) is 30.3 Å². The monoisotopic (exact) mass is 399 g/mol. The van der Waals surface area contributed by atoms with Crippen LogP contribution in [0.1, 0.15) is 15.9 Å². The van der Waals surface area contributed by atoms with Crippen LogP contribution in [0, 0.1) is 0 Å². The molecule has 4 heteroatoms. The first-order chi connectivity index (χ1) is 15.2. The van der Waals surface area contributed by atoms with Crippen LogP contribution in [0.5, 0.6) is 0 Å². The summed E-state index contributed by atoms with van der Waals surface area (Å²) in [6.45, 7) is 0. The molecule has 144 valence electrons. The predicted octanol–water partition coefficient (Wildman–Crippen LogP) is 4.77. The van der Waals surface area contributed by atoms with Crippen molar-refractivity contribution in [2.75, 3.05) is 0 Å². The second-order valence-corrected chi connectivity index (χ2v) is 7.97. The summed E-state index contributed by atoms with van der Waals surface area (Å²) >= 11 is 0. The lowest BCUT2D eigenvalue weighted by Gasteiger charge is -2.16. The van der Waals surface area contributed by atoms with Crippen molar-refractivity contribution in [1.29, 1.82) is 0 Å². The van der Waals surface area contributed by atoms with Gasteiger partial charge in [0.05, 0.1) is 22.1 Å². The van der Waals surface area contributed by atoms with E-state index in [0.29, 0.717) is 49.2 Å². The van der Waals surface area contributed by atoms with E-state index in [9.17, 15) is 14.4 Å². The number of carbonyl (C=O) groups is 1. The molecule has 7 rings (SSSR count). The van der Waals surface area contributed by atoms with Crippen LogP contribution < -0.4 is 10.9 Å². The van der Waals surface area contributed by atoms with E-state index in [2.05, 4.69) is 0 Å². The minimum absolute atomic E-state index is 0.0921. The Morgan fingerprint density at radius 2 is 1.10 bits per heavy atom. The first-order valence-electron chi connectivity index (χ1n) is 10.1. The van der Waals surface area contributed by atoms with Gasteiger partial charge in [0.2, 0.25) is 0 Å². The standard InChI is InChI=1S/C27H13NO3/c29-25-17-8-3-4-11-21(17)28-23-18(25)9-5-10-19(23)26(30)20-13-12-15-14-6-1-2-7-16(14)27(31)22(15)24(20)28/h1-13H. The Labute approximate surface area is 174 Å². The largest absolute Gasteiger partial charge is 0.307 e. The SMILES string of the molecule is O=C1c2ccccc2-c2ccc3c(=O)c4cccc5c(=O)c6ccccc6n(c3c21)c54. The van der Waals surface area contributed by atoms with Gasteiger partial charge in [-0.05, 0) is 41.5 Å². The lowest BCUT2D eigenvalue weighted by Crippen LogP contribution is -2.15. The van der Waals surface area contributed by atoms with Crippen molar-refractivity contribution in [3.8, 4) is 11.1 Å². The molecular weight excluding hydrogens is 386 g/mol. The van der Waals surface area contributed by atoms with E-state index in [4.69, 9.17) is 0 Å². The van der Waals surface area contributed by atoms with Crippen molar-refractivity contribution in [3.63, 3.8) is 0 Å². The zero-order valence-corrected chi connectivity index (χ0v) is 16.2. The molecular formula is C27H13NO3. The molecule has 0 saturated heterocycles. The zero-order chi connectivity index (χ0) is 20.9. The van der Waals surface area contributed by atoms with Gasteiger partial charge in [0.25, 0.3) is 0 Å². The summed E-state index contributed by atoms with van der Waals surface area (Å²) in [4.78, 5) is 40.2. The topological polar surface area (TPSA) is 55.6 Å². The second-order valence-electron chi connectivity index (χ2n) is 7.97. The van der Waals surface area contributed by atoms with E-state index in [0.717, 1.165) is 11.1 Å². The third-order valence-corrected chi connectivity index (χ3v) is 6.47. The Morgan fingerprint density at radius 3 is 1.90 bits per heavy atom. The van der Waals surface area contributed by atoms with Crippen LogP contribution in [0.3, 0.4) is 0 Å². The van der Waals surface area contributed by atoms with E-state index < -0.39 is 0 Å². The number of para-hydroxylation sites is 2. The summed E-state index contributed by atoms with van der Waals surface area (Å²) < 4.78 is 1.95. The highest BCUT2D eigenvalue weighted by atomic mass is 16.1. The Bertz CT molecular complexity index is 1880. The molecule has 0 saturated carbocycles. The summed E-state index contributed by atoms with van der Waals surface area (Å²) in [5.74, 6) is -0.0921. The van der Waals surface area contributed by atoms with Crippen molar-refractivity contribution < 1.29 is 4.79 Å². The normalized spacial score (nSPS) is 12.8. The molecule has 1 aliphatic carbocycles. The smallest absolute Gasteiger partial charge is 0.197 e. The van der Waals surface area contributed by atoms with Gasteiger partial charge in [0, 0.05) is 27.1 Å². The summed E-state index contributed by atoms with van der Waals surface area (Å²) in [5, 5.41) is 2.01. The number of hydrogen-bond acceptors (Lipinski definition) is 3. The van der Waals surface area contributed by atoms with Gasteiger partial charge in [-0.15, -0.1) is 0 Å². The molecule has 0 amide bonds. The first kappa shape index (κ1) is 16.5. The maximum Gasteiger partial charge on any atom is 0.197 e. The molecule has 2 aromatic heterocycles. The number of pyridine rings is 2. The Morgan fingerprint density at radius 1 is 0.484 bits per heavy atom. The lowest BCUT2D eigenvalue weighted by atomic mass is 9.98. The number of aromatic nitrogens is 1. The minimum Gasteiger partial charge on any atom is -0.307 e. The van der Waals surface area contributed by atoms with Gasteiger partial charge in [-0.25, -0.2) is 0 Å². The third-order valence-electron chi connectivity index (χ3n) is 6.47. The van der Waals surface area contributed by atoms with E-state index >= 15 is 0 Å². The minimum atomic E-state index is -0.165. The van der Waals surface area contributed by atoms with Crippen molar-refractivity contribution in [2.45, 2.75) is 0 Å². The molecule has 0 radical (unpaired) electrons. The van der Waals surface area contributed by atoms with Gasteiger partial charge in [0.15, 0.2) is 16.6 Å². The van der Waals surface area contributed by atoms with Crippen LogP contribution in [0.2, 0.25) is 0 Å². The van der Waals surface area contributed by atoms with Crippen molar-refractivity contribution in [3.05, 3.63) is 110 Å². The van der Waals surface area contributed by atoms with Crippen molar-refractivity contribution in [1.82, 2.24) is 4.40 Å². The van der Waals surface area contributed by atoms with E-state index in [1.165, 1.54) is 0 Å². The van der Waals surface area contributed by atoms with E-state index in [1.807, 2.05) is 52.9 Å². The molecule has 31 heavy (non-hydrogen) atoms. The maximum atomic E-state index is 13.5. The number of benzene rings is 4. The lowest BCUT2D eigenvalue weighted by molar-refractivity contribution is 0.104. The average molecular weight is 399 g/mol. The van der Waals surface area contributed by atoms with Gasteiger partial charge in [-0.2, -0.15) is 0 Å². The number of rotatable bonds is 0. The molecule has 0 aliphatic heterocycles. The molecule has 4 aromatic carbocycles. The maximum absolute atomic E-state index is 13.5. The molecule has 4 nitrogen and oxygen atoms in total. The fourth-order valence-electron chi connectivity index (χ4n) is 5.17. The van der Waals surface area contributed by atoms with Gasteiger partial charge >= 0.3 is 0 Å². The van der Waals surface area contributed by atoms with Crippen LogP contribution in [-0.4, -0.2) is 10.2 Å². The summed E-state index contributed by atoms with van der Waals surface area (Å²) in [6.07, 6.45) is 0. The zero-order valence-electron chi connectivity index (χ0n) is 16.2. The van der Waals surface area contributed by atoms with Crippen molar-refractivity contribution >= 4 is 43.9 Å². The van der Waals surface area contributed by atoms with Crippen LogP contribution >= 0.6 is 0 Å². The number of ketones is 1. The van der Waals surface area contributed by atoms with Crippen LogP contribution in [0.25, 0.3) is 49.2 Å². The van der Waals surface area contributed by atoms with Gasteiger partial charge in [-0.3, -0.25) is 14.4 Å². The van der Waals surface area contributed by atoms with Gasteiger partial charge in [-0.1, -0.05) is 48.5 Å². The molecule has 0 spiro atoms. The molecule has 0 bridgehead atoms. The molecule has 0 N–H and O–H groups in total. The average Bonchev–Trinajstić information content (AvgIpc) is 3.11. The molecule has 0 unspecified atom stereocenters. The Balaban J connectivity index is 1.89. The Kier molecular flexibility index (Phi) is 2.89. The van der Waals surface area contributed by atoms with Gasteiger partial charge < -0.3 is 4.40 Å². The fraction of sp³-hybridized carbons (Fsp3) is 0. The molecule has 0 atom stereocenters. The summed E-state index contributed by atoms with van der Waals surface area (Å²) in [5.41, 5.74) is 4.42. The predicted molar refractivity (Wildman–Crippen MR) is 123 cm³/mol. The molecule has 6 aromatic rings. The molecule has 0 fully saturated rings. The highest BCUT2D eigenvalue weighted by Crippen LogP contribution is 2.41. The van der Waals surface area contributed by atoms with Crippen LogP contribution in [0.15, 0.2) is 88.5 Å². The van der Waals surface area contributed by atoms with E-state index in [-0.39, 0.29) is 16.6 Å². The van der Waals surface area contributed by atoms with Crippen LogP contribution in [0.4, 0.5) is 0 Å². The van der Waals surface area contributed by atoms with Gasteiger partial charge in [0.1, 0.15) is 0 Å². The highest BCUT2D eigenvalue weighted by molar-refractivity contribution is 6.28. The molecule has 1 aliphatic rings. The number of nitrogens with zero attached hydrogens (tertiary/aromatic N) is 1. The number of hydrogen-bond donors (Lipinski definition) is 0. The van der Waals surface area contributed by atoms with Crippen LogP contribution in [-0.2, 0) is 0 Å². The second kappa shape index (κ2) is 5.43. The summed E-state index contributed by atoms with van der Waals surface area (Å²) in [6, 6.07) is 23.8. The van der Waals surface area contributed by atoms with Crippen molar-refractivity contribution in [2.24, 2.45) is 0 Å². The fourth-order valence-corrected chi connectivity index (χ4v) is 5.17. The summed E-state index contributed by atoms with van der Waals surface area (Å²) in [7, 11) is 0. The third kappa shape index (κ3) is 1.83. The molecule has 2 heterocycles. The first-order valence-corrected chi connectivity index (χ1v) is 10.1. The highest BCUT2D eigenvalue weighted by Gasteiger charge is 2.30. The number of carbonyl (C=O) groups excluding carboxylic acids is 1. The number of fused-ring (bicyclic) bond motifs is 8. The Hall–Kier alpha value is -4.31.